The van der Waals surface area contributed by atoms with E-state index in [0.29, 0.717) is 16.6 Å². The third-order valence-electron chi connectivity index (χ3n) is 1.96. The van der Waals surface area contributed by atoms with Crippen molar-refractivity contribution in [3.05, 3.63) is 18.2 Å². The maximum Gasteiger partial charge on any atom is 0.197 e. The van der Waals surface area contributed by atoms with Crippen LogP contribution in [0, 0.1) is 0 Å². The van der Waals surface area contributed by atoms with Gasteiger partial charge in [-0.1, -0.05) is 6.92 Å². The van der Waals surface area contributed by atoms with Crippen LogP contribution >= 0.6 is 0 Å². The van der Waals surface area contributed by atoms with Crippen LogP contribution in [0.1, 0.15) is 6.92 Å². The normalized spacial score (nSPS) is 13.2. The van der Waals surface area contributed by atoms with Crippen molar-refractivity contribution in [3.63, 3.8) is 0 Å². The molecular formula is C9H11N3OS. The largest absolute Gasteiger partial charge is 0.399 e. The number of aromatic nitrogens is 2. The first-order valence-corrected chi connectivity index (χ1v) is 5.66. The molecule has 0 saturated heterocycles. The van der Waals surface area contributed by atoms with Gasteiger partial charge in [-0.2, -0.15) is 0 Å². The third kappa shape index (κ3) is 1.50. The first kappa shape index (κ1) is 9.21. The highest BCUT2D eigenvalue weighted by atomic mass is 32.2. The standard InChI is InChI=1S/C9H11N3OS/c1-2-14(13)9-11-7-4-3-6(10)5-8(7)12-9/h3-5H,2,10H2,1H3,(H,11,12). The van der Waals surface area contributed by atoms with Gasteiger partial charge in [0.1, 0.15) is 0 Å². The van der Waals surface area contributed by atoms with Gasteiger partial charge in [-0.3, -0.25) is 4.21 Å². The summed E-state index contributed by atoms with van der Waals surface area (Å²) < 4.78 is 11.5. The number of hydrogen-bond donors (Lipinski definition) is 2. The Balaban J connectivity index is 2.56. The van der Waals surface area contributed by atoms with Gasteiger partial charge in [0.25, 0.3) is 0 Å². The molecule has 2 aromatic rings. The van der Waals surface area contributed by atoms with Crippen molar-refractivity contribution in [2.45, 2.75) is 12.1 Å². The van der Waals surface area contributed by atoms with Crippen molar-refractivity contribution in [1.82, 2.24) is 9.97 Å². The summed E-state index contributed by atoms with van der Waals surface area (Å²) in [6.07, 6.45) is 0. The second kappa shape index (κ2) is 3.42. The first-order valence-electron chi connectivity index (χ1n) is 4.34. The van der Waals surface area contributed by atoms with Crippen molar-refractivity contribution in [2.24, 2.45) is 0 Å². The number of hydrogen-bond acceptors (Lipinski definition) is 3. The summed E-state index contributed by atoms with van der Waals surface area (Å²) in [5.74, 6) is 0.565. The molecule has 1 aromatic heterocycles. The molecule has 14 heavy (non-hydrogen) atoms. The number of nitrogen functional groups attached to an aromatic ring is 1. The van der Waals surface area contributed by atoms with E-state index < -0.39 is 10.8 Å². The molecule has 4 nitrogen and oxygen atoms in total. The predicted molar refractivity (Wildman–Crippen MR) is 57.5 cm³/mol. The highest BCUT2D eigenvalue weighted by molar-refractivity contribution is 7.84. The summed E-state index contributed by atoms with van der Waals surface area (Å²) in [5, 5.41) is 0.521. The van der Waals surface area contributed by atoms with E-state index in [9.17, 15) is 4.21 Å². The molecule has 1 atom stereocenters. The molecule has 0 amide bonds. The van der Waals surface area contributed by atoms with Crippen LogP contribution in [0.5, 0.6) is 0 Å². The first-order chi connectivity index (χ1) is 6.70. The fraction of sp³-hybridized carbons (Fsp3) is 0.222. The molecule has 5 heteroatoms. The highest BCUT2D eigenvalue weighted by Gasteiger charge is 2.07. The average molecular weight is 209 g/mol. The number of nitrogens with one attached hydrogen (secondary N) is 1. The molecule has 0 radical (unpaired) electrons. The molecule has 0 aliphatic heterocycles. The van der Waals surface area contributed by atoms with Crippen molar-refractivity contribution < 1.29 is 4.21 Å². The summed E-state index contributed by atoms with van der Waals surface area (Å²) in [6, 6.07) is 5.39. The molecule has 0 fully saturated rings. The molecule has 0 aliphatic carbocycles. The quantitative estimate of drug-likeness (QED) is 0.732. The molecule has 3 N–H and O–H groups in total. The summed E-state index contributed by atoms with van der Waals surface area (Å²) >= 11 is 0. The van der Waals surface area contributed by atoms with E-state index in [-0.39, 0.29) is 0 Å². The average Bonchev–Trinajstić information content (AvgIpc) is 2.59. The minimum Gasteiger partial charge on any atom is -0.399 e. The van der Waals surface area contributed by atoms with E-state index >= 15 is 0 Å². The fourth-order valence-corrected chi connectivity index (χ4v) is 1.95. The Hall–Kier alpha value is -1.36. The number of nitrogens with two attached hydrogens (primary N) is 1. The second-order valence-electron chi connectivity index (χ2n) is 2.95. The number of benzene rings is 1. The number of aromatic amines is 1. The number of imidazole rings is 1. The van der Waals surface area contributed by atoms with Crippen LogP contribution in [0.15, 0.2) is 23.4 Å². The minimum absolute atomic E-state index is 0.521. The number of H-pyrrole nitrogens is 1. The fourth-order valence-electron chi connectivity index (χ4n) is 1.25. The van der Waals surface area contributed by atoms with Crippen molar-refractivity contribution in [3.8, 4) is 0 Å². The molecule has 2 rings (SSSR count). The van der Waals surface area contributed by atoms with Gasteiger partial charge >= 0.3 is 0 Å². The lowest BCUT2D eigenvalue weighted by Gasteiger charge is -1.90. The van der Waals surface area contributed by atoms with Crippen LogP contribution < -0.4 is 5.73 Å². The second-order valence-corrected chi connectivity index (χ2v) is 4.61. The lowest BCUT2D eigenvalue weighted by molar-refractivity contribution is 0.679. The van der Waals surface area contributed by atoms with Gasteiger partial charge in [-0.25, -0.2) is 4.98 Å². The zero-order chi connectivity index (χ0) is 10.1. The molecule has 0 bridgehead atoms. The van der Waals surface area contributed by atoms with E-state index in [1.807, 2.05) is 13.0 Å². The summed E-state index contributed by atoms with van der Waals surface area (Å²) in [4.78, 5) is 7.21. The molecule has 0 saturated carbocycles. The van der Waals surface area contributed by atoms with E-state index in [2.05, 4.69) is 9.97 Å². The summed E-state index contributed by atoms with van der Waals surface area (Å²) in [6.45, 7) is 1.86. The Kier molecular flexibility index (Phi) is 2.25. The van der Waals surface area contributed by atoms with Crippen molar-refractivity contribution >= 4 is 27.5 Å². The van der Waals surface area contributed by atoms with Crippen LogP contribution in [-0.4, -0.2) is 19.9 Å². The van der Waals surface area contributed by atoms with Crippen LogP contribution in [0.25, 0.3) is 11.0 Å². The topological polar surface area (TPSA) is 71.8 Å². The maximum atomic E-state index is 11.5. The Morgan fingerprint density at radius 1 is 1.57 bits per heavy atom. The molecule has 1 aromatic carbocycles. The maximum absolute atomic E-state index is 11.5. The number of rotatable bonds is 2. The predicted octanol–water partition coefficient (Wildman–Crippen LogP) is 1.27. The molecule has 0 aliphatic rings. The van der Waals surface area contributed by atoms with Crippen molar-refractivity contribution in [1.29, 1.82) is 0 Å². The van der Waals surface area contributed by atoms with Gasteiger partial charge in [0.2, 0.25) is 0 Å². The third-order valence-corrected chi connectivity index (χ3v) is 3.11. The zero-order valence-corrected chi connectivity index (χ0v) is 8.60. The van der Waals surface area contributed by atoms with Gasteiger partial charge in [-0.05, 0) is 18.2 Å². The number of anilines is 1. The molecule has 0 spiro atoms. The Morgan fingerprint density at radius 3 is 3.07 bits per heavy atom. The van der Waals surface area contributed by atoms with E-state index in [0.717, 1.165) is 11.0 Å². The Labute approximate surface area is 84.0 Å². The number of nitrogens with zero attached hydrogens (tertiary/aromatic N) is 1. The zero-order valence-electron chi connectivity index (χ0n) is 7.78. The Bertz CT molecular complexity index is 492. The molecule has 1 unspecified atom stereocenters. The lowest BCUT2D eigenvalue weighted by atomic mass is 10.3. The lowest BCUT2D eigenvalue weighted by Crippen LogP contribution is -1.95. The van der Waals surface area contributed by atoms with Crippen LogP contribution in [0.3, 0.4) is 0 Å². The van der Waals surface area contributed by atoms with E-state index in [1.54, 1.807) is 12.1 Å². The van der Waals surface area contributed by atoms with Crippen molar-refractivity contribution in [2.75, 3.05) is 11.5 Å². The van der Waals surface area contributed by atoms with Gasteiger partial charge in [0, 0.05) is 11.4 Å². The molecule has 74 valence electrons. The minimum atomic E-state index is -1.04. The van der Waals surface area contributed by atoms with Gasteiger partial charge in [-0.15, -0.1) is 0 Å². The summed E-state index contributed by atoms with van der Waals surface area (Å²) in [7, 11) is -1.04. The smallest absolute Gasteiger partial charge is 0.197 e. The van der Waals surface area contributed by atoms with E-state index in [4.69, 9.17) is 5.73 Å². The SMILES string of the molecule is CCS(=O)c1nc2ccc(N)cc2[nH]1. The van der Waals surface area contributed by atoms with Crippen LogP contribution in [0.2, 0.25) is 0 Å². The van der Waals surface area contributed by atoms with Crippen LogP contribution in [-0.2, 0) is 10.8 Å². The van der Waals surface area contributed by atoms with Gasteiger partial charge in [0.05, 0.1) is 21.8 Å². The molecular weight excluding hydrogens is 198 g/mol. The monoisotopic (exact) mass is 209 g/mol. The van der Waals surface area contributed by atoms with Gasteiger partial charge in [0.15, 0.2) is 5.16 Å². The van der Waals surface area contributed by atoms with E-state index in [1.165, 1.54) is 0 Å². The van der Waals surface area contributed by atoms with Gasteiger partial charge < -0.3 is 10.7 Å². The number of fused-ring (bicyclic) bond motifs is 1. The molecule has 1 heterocycles. The van der Waals surface area contributed by atoms with Crippen LogP contribution in [0.4, 0.5) is 5.69 Å². The Morgan fingerprint density at radius 2 is 2.36 bits per heavy atom. The highest BCUT2D eigenvalue weighted by Crippen LogP contribution is 2.16. The summed E-state index contributed by atoms with van der Waals surface area (Å²) in [5.41, 5.74) is 7.93.